The second-order valence-electron chi connectivity index (χ2n) is 7.22. The SMILES string of the molecule is CCCCOc1ccc(C(=O)NCCn2nc(-c3ccc(OCC)cc3)ccc2=O)cc1. The van der Waals surface area contributed by atoms with E-state index in [0.29, 0.717) is 24.5 Å². The van der Waals surface area contributed by atoms with Gasteiger partial charge in [0.05, 0.1) is 25.5 Å². The average Bonchev–Trinajstić information content (AvgIpc) is 2.81. The lowest BCUT2D eigenvalue weighted by atomic mass is 10.1. The first-order valence-electron chi connectivity index (χ1n) is 10.9. The van der Waals surface area contributed by atoms with Gasteiger partial charge in [0.2, 0.25) is 0 Å². The standard InChI is InChI=1S/C25H29N3O4/c1-3-5-18-32-22-12-8-20(9-13-22)25(30)26-16-17-28-24(29)15-14-23(27-28)19-6-10-21(11-7-19)31-4-2/h6-15H,3-5,16-18H2,1-2H3,(H,26,30). The molecule has 1 N–H and O–H groups in total. The molecule has 0 unspecified atom stereocenters. The molecule has 32 heavy (non-hydrogen) atoms. The molecule has 0 fully saturated rings. The minimum Gasteiger partial charge on any atom is -0.494 e. The number of hydrogen-bond acceptors (Lipinski definition) is 5. The molecule has 0 atom stereocenters. The Morgan fingerprint density at radius 1 is 0.938 bits per heavy atom. The molecule has 3 rings (SSSR count). The number of ether oxygens (including phenoxy) is 2. The molecule has 0 aliphatic carbocycles. The van der Waals surface area contributed by atoms with Crippen LogP contribution in [0.1, 0.15) is 37.0 Å². The van der Waals surface area contributed by atoms with Crippen molar-refractivity contribution in [3.8, 4) is 22.8 Å². The molecule has 0 saturated heterocycles. The van der Waals surface area contributed by atoms with E-state index in [1.54, 1.807) is 30.3 Å². The number of unbranched alkanes of at least 4 members (excludes halogenated alkanes) is 1. The van der Waals surface area contributed by atoms with Crippen LogP contribution in [0.15, 0.2) is 65.5 Å². The summed E-state index contributed by atoms with van der Waals surface area (Å²) < 4.78 is 12.4. The fraction of sp³-hybridized carbons (Fsp3) is 0.320. The first-order chi connectivity index (χ1) is 15.6. The number of rotatable bonds is 11. The third-order valence-corrected chi connectivity index (χ3v) is 4.82. The van der Waals surface area contributed by atoms with Gasteiger partial charge in [-0.05, 0) is 67.9 Å². The van der Waals surface area contributed by atoms with Crippen LogP contribution in [0.2, 0.25) is 0 Å². The summed E-state index contributed by atoms with van der Waals surface area (Å²) in [7, 11) is 0. The number of benzene rings is 2. The van der Waals surface area contributed by atoms with Gasteiger partial charge in [-0.1, -0.05) is 13.3 Å². The van der Waals surface area contributed by atoms with E-state index in [4.69, 9.17) is 9.47 Å². The van der Waals surface area contributed by atoms with Crippen molar-refractivity contribution >= 4 is 5.91 Å². The number of nitrogens with one attached hydrogen (secondary N) is 1. The normalized spacial score (nSPS) is 10.6. The molecule has 0 bridgehead atoms. The zero-order chi connectivity index (χ0) is 22.8. The Hall–Kier alpha value is -3.61. The number of aromatic nitrogens is 2. The van der Waals surface area contributed by atoms with Crippen molar-refractivity contribution in [2.24, 2.45) is 0 Å². The van der Waals surface area contributed by atoms with Gasteiger partial charge in [-0.15, -0.1) is 0 Å². The van der Waals surface area contributed by atoms with Gasteiger partial charge in [0.25, 0.3) is 11.5 Å². The summed E-state index contributed by atoms with van der Waals surface area (Å²) in [4.78, 5) is 24.6. The van der Waals surface area contributed by atoms with Gasteiger partial charge in [0.1, 0.15) is 11.5 Å². The van der Waals surface area contributed by atoms with Crippen LogP contribution in [0.4, 0.5) is 0 Å². The van der Waals surface area contributed by atoms with Crippen LogP contribution in [0.3, 0.4) is 0 Å². The number of nitrogens with zero attached hydrogens (tertiary/aromatic N) is 2. The summed E-state index contributed by atoms with van der Waals surface area (Å²) in [6.45, 7) is 5.87. The Morgan fingerprint density at radius 3 is 2.31 bits per heavy atom. The summed E-state index contributed by atoms with van der Waals surface area (Å²) >= 11 is 0. The molecule has 2 aromatic carbocycles. The predicted octanol–water partition coefficient (Wildman–Crippen LogP) is 3.92. The summed E-state index contributed by atoms with van der Waals surface area (Å²) in [6, 6.07) is 17.8. The van der Waals surface area contributed by atoms with Crippen molar-refractivity contribution in [2.75, 3.05) is 19.8 Å². The molecule has 1 aromatic heterocycles. The maximum absolute atomic E-state index is 12.4. The fourth-order valence-electron chi connectivity index (χ4n) is 3.07. The Balaban J connectivity index is 1.56. The largest absolute Gasteiger partial charge is 0.494 e. The van der Waals surface area contributed by atoms with Gasteiger partial charge in [-0.3, -0.25) is 9.59 Å². The highest BCUT2D eigenvalue weighted by Gasteiger charge is 2.07. The monoisotopic (exact) mass is 435 g/mol. The van der Waals surface area contributed by atoms with E-state index in [-0.39, 0.29) is 24.6 Å². The summed E-state index contributed by atoms with van der Waals surface area (Å²) in [6.07, 6.45) is 2.07. The van der Waals surface area contributed by atoms with Crippen molar-refractivity contribution < 1.29 is 14.3 Å². The van der Waals surface area contributed by atoms with E-state index in [0.717, 1.165) is 29.9 Å². The molecule has 0 radical (unpaired) electrons. The van der Waals surface area contributed by atoms with Crippen LogP contribution in [0.25, 0.3) is 11.3 Å². The third-order valence-electron chi connectivity index (χ3n) is 4.82. The molecule has 168 valence electrons. The second-order valence-corrected chi connectivity index (χ2v) is 7.22. The molecule has 0 aliphatic rings. The minimum atomic E-state index is -0.220. The van der Waals surface area contributed by atoms with E-state index in [1.165, 1.54) is 10.7 Å². The number of hydrogen-bond donors (Lipinski definition) is 1. The lowest BCUT2D eigenvalue weighted by molar-refractivity contribution is 0.0951. The quantitative estimate of drug-likeness (QED) is 0.462. The van der Waals surface area contributed by atoms with E-state index < -0.39 is 0 Å². The highest BCUT2D eigenvalue weighted by Crippen LogP contribution is 2.19. The lowest BCUT2D eigenvalue weighted by Crippen LogP contribution is -2.31. The molecule has 0 aliphatic heterocycles. The van der Waals surface area contributed by atoms with Crippen LogP contribution >= 0.6 is 0 Å². The zero-order valence-electron chi connectivity index (χ0n) is 18.5. The summed E-state index contributed by atoms with van der Waals surface area (Å²) in [5.41, 5.74) is 1.88. The zero-order valence-corrected chi connectivity index (χ0v) is 18.5. The van der Waals surface area contributed by atoms with Crippen molar-refractivity contribution in [3.05, 3.63) is 76.6 Å². The fourth-order valence-corrected chi connectivity index (χ4v) is 3.07. The average molecular weight is 436 g/mol. The van der Waals surface area contributed by atoms with Crippen LogP contribution in [0.5, 0.6) is 11.5 Å². The van der Waals surface area contributed by atoms with Crippen LogP contribution in [-0.2, 0) is 6.54 Å². The highest BCUT2D eigenvalue weighted by atomic mass is 16.5. The molecule has 7 nitrogen and oxygen atoms in total. The van der Waals surface area contributed by atoms with Crippen molar-refractivity contribution in [3.63, 3.8) is 0 Å². The van der Waals surface area contributed by atoms with Gasteiger partial charge in [-0.2, -0.15) is 5.10 Å². The molecular weight excluding hydrogens is 406 g/mol. The Kier molecular flexibility index (Phi) is 8.43. The van der Waals surface area contributed by atoms with Gasteiger partial charge < -0.3 is 14.8 Å². The van der Waals surface area contributed by atoms with Crippen LogP contribution < -0.4 is 20.3 Å². The summed E-state index contributed by atoms with van der Waals surface area (Å²) in [5, 5.41) is 7.26. The first kappa shape index (κ1) is 23.1. The summed E-state index contributed by atoms with van der Waals surface area (Å²) in [5.74, 6) is 1.32. The van der Waals surface area contributed by atoms with Crippen molar-refractivity contribution in [1.29, 1.82) is 0 Å². The van der Waals surface area contributed by atoms with E-state index in [1.807, 2.05) is 31.2 Å². The molecule has 1 amide bonds. The third kappa shape index (κ3) is 6.44. The van der Waals surface area contributed by atoms with Gasteiger partial charge in [0.15, 0.2) is 0 Å². The molecular formula is C25H29N3O4. The Bertz CT molecular complexity index is 1060. The van der Waals surface area contributed by atoms with E-state index >= 15 is 0 Å². The number of carbonyl (C=O) groups is 1. The van der Waals surface area contributed by atoms with Crippen molar-refractivity contribution in [1.82, 2.24) is 15.1 Å². The molecule has 3 aromatic rings. The lowest BCUT2D eigenvalue weighted by Gasteiger charge is -2.10. The maximum Gasteiger partial charge on any atom is 0.266 e. The molecule has 0 spiro atoms. The maximum atomic E-state index is 12.4. The minimum absolute atomic E-state index is 0.208. The topological polar surface area (TPSA) is 82.4 Å². The molecule has 7 heteroatoms. The second kappa shape index (κ2) is 11.7. The van der Waals surface area contributed by atoms with E-state index in [2.05, 4.69) is 17.3 Å². The van der Waals surface area contributed by atoms with Gasteiger partial charge in [-0.25, -0.2) is 4.68 Å². The van der Waals surface area contributed by atoms with Gasteiger partial charge in [0, 0.05) is 23.7 Å². The van der Waals surface area contributed by atoms with Crippen molar-refractivity contribution in [2.45, 2.75) is 33.2 Å². The van der Waals surface area contributed by atoms with Crippen LogP contribution in [-0.4, -0.2) is 35.4 Å². The van der Waals surface area contributed by atoms with Gasteiger partial charge >= 0.3 is 0 Å². The Labute approximate surface area is 188 Å². The molecule has 1 heterocycles. The smallest absolute Gasteiger partial charge is 0.266 e. The number of amides is 1. The molecule has 0 saturated carbocycles. The highest BCUT2D eigenvalue weighted by molar-refractivity contribution is 5.94. The van der Waals surface area contributed by atoms with E-state index in [9.17, 15) is 9.59 Å². The predicted molar refractivity (Wildman–Crippen MR) is 124 cm³/mol. The Morgan fingerprint density at radius 2 is 1.62 bits per heavy atom. The first-order valence-corrected chi connectivity index (χ1v) is 10.9. The number of carbonyl (C=O) groups excluding carboxylic acids is 1. The van der Waals surface area contributed by atoms with Crippen LogP contribution in [0, 0.1) is 0 Å².